The molecule has 1 aromatic carbocycles. The summed E-state index contributed by atoms with van der Waals surface area (Å²) in [5.74, 6) is -0.0289. The van der Waals surface area contributed by atoms with Crippen molar-refractivity contribution in [1.29, 1.82) is 0 Å². The van der Waals surface area contributed by atoms with Gasteiger partial charge in [0.15, 0.2) is 0 Å². The Kier molecular flexibility index (Phi) is 3.64. The third-order valence-electron chi connectivity index (χ3n) is 1.51. The molecule has 0 saturated carbocycles. The summed E-state index contributed by atoms with van der Waals surface area (Å²) in [4.78, 5) is 16.8. The highest BCUT2D eigenvalue weighted by Crippen LogP contribution is 2.31. The maximum Gasteiger partial charge on any atom is 0.391 e. The van der Waals surface area contributed by atoms with Gasteiger partial charge in [-0.1, -0.05) is 0 Å². The zero-order valence-corrected chi connectivity index (χ0v) is 9.36. The van der Waals surface area contributed by atoms with Crippen LogP contribution in [0.2, 0.25) is 0 Å². The van der Waals surface area contributed by atoms with Gasteiger partial charge in [0.1, 0.15) is 5.75 Å². The molecular weight excluding hydrogens is 243 g/mol. The molecule has 84 valence electrons. The number of rotatable bonds is 3. The van der Waals surface area contributed by atoms with Crippen LogP contribution in [0.15, 0.2) is 23.1 Å². The molecule has 0 saturated heterocycles. The largest absolute Gasteiger partial charge is 0.427 e. The van der Waals surface area contributed by atoms with Gasteiger partial charge >= 0.3 is 8.60 Å². The van der Waals surface area contributed by atoms with Gasteiger partial charge in [-0.25, -0.2) is 0 Å². The van der Waals surface area contributed by atoms with Gasteiger partial charge in [0.05, 0.1) is 4.90 Å². The quantitative estimate of drug-likeness (QED) is 0.543. The second kappa shape index (κ2) is 4.42. The lowest BCUT2D eigenvalue weighted by molar-refractivity contribution is 0.374. The highest BCUT2D eigenvalue weighted by Gasteiger charge is 2.13. The van der Waals surface area contributed by atoms with Crippen LogP contribution in [-0.2, 0) is 10.1 Å². The molecule has 0 amide bonds. The molecule has 0 atom stereocenters. The van der Waals surface area contributed by atoms with E-state index in [0.29, 0.717) is 5.56 Å². The van der Waals surface area contributed by atoms with Crippen molar-refractivity contribution >= 4 is 18.7 Å². The maximum absolute atomic E-state index is 10.8. The maximum atomic E-state index is 10.8. The summed E-state index contributed by atoms with van der Waals surface area (Å²) in [5, 5.41) is 0. The third-order valence-corrected chi connectivity index (χ3v) is 2.71. The SMILES string of the molecule is Cc1cc(OP(O)O)cc(S(=O)(=O)O)c1. The number of aryl methyl sites for hydroxylation is 1. The third kappa shape index (κ3) is 3.73. The lowest BCUT2D eigenvalue weighted by Gasteiger charge is -2.07. The lowest BCUT2D eigenvalue weighted by Crippen LogP contribution is -1.99. The average molecular weight is 252 g/mol. The fourth-order valence-electron chi connectivity index (χ4n) is 1.01. The van der Waals surface area contributed by atoms with E-state index in [-0.39, 0.29) is 10.6 Å². The second-order valence-corrected chi connectivity index (χ2v) is 4.91. The predicted molar refractivity (Wildman–Crippen MR) is 53.0 cm³/mol. The van der Waals surface area contributed by atoms with Crippen LogP contribution in [0.3, 0.4) is 0 Å². The first-order valence-electron chi connectivity index (χ1n) is 3.74. The van der Waals surface area contributed by atoms with Crippen LogP contribution in [0.1, 0.15) is 5.56 Å². The number of hydrogen-bond donors (Lipinski definition) is 3. The average Bonchev–Trinajstić information content (AvgIpc) is 1.99. The molecule has 0 heterocycles. The smallest absolute Gasteiger partial charge is 0.391 e. The van der Waals surface area contributed by atoms with Crippen molar-refractivity contribution in [1.82, 2.24) is 0 Å². The summed E-state index contributed by atoms with van der Waals surface area (Å²) < 4.78 is 34.9. The lowest BCUT2D eigenvalue weighted by atomic mass is 10.2. The number of benzene rings is 1. The Bertz CT molecular complexity index is 455. The predicted octanol–water partition coefficient (Wildman–Crippen LogP) is 0.832. The normalized spacial score (nSPS) is 11.8. The van der Waals surface area contributed by atoms with E-state index in [4.69, 9.17) is 14.3 Å². The van der Waals surface area contributed by atoms with E-state index in [1.807, 2.05) is 0 Å². The summed E-state index contributed by atoms with van der Waals surface area (Å²) in [6.07, 6.45) is 0. The van der Waals surface area contributed by atoms with E-state index in [1.54, 1.807) is 6.92 Å². The zero-order chi connectivity index (χ0) is 11.6. The molecule has 15 heavy (non-hydrogen) atoms. The van der Waals surface area contributed by atoms with Crippen LogP contribution in [0, 0.1) is 6.92 Å². The Morgan fingerprint density at radius 2 is 1.87 bits per heavy atom. The molecule has 0 radical (unpaired) electrons. The van der Waals surface area contributed by atoms with Crippen molar-refractivity contribution in [3.05, 3.63) is 23.8 Å². The Morgan fingerprint density at radius 1 is 1.27 bits per heavy atom. The van der Waals surface area contributed by atoms with Gasteiger partial charge in [-0.15, -0.1) is 0 Å². The fourth-order valence-corrected chi connectivity index (χ4v) is 1.90. The molecule has 0 aromatic heterocycles. The molecule has 0 bridgehead atoms. The van der Waals surface area contributed by atoms with Gasteiger partial charge in [-0.2, -0.15) is 8.42 Å². The van der Waals surface area contributed by atoms with E-state index >= 15 is 0 Å². The topological polar surface area (TPSA) is 104 Å². The van der Waals surface area contributed by atoms with Crippen LogP contribution < -0.4 is 4.52 Å². The van der Waals surface area contributed by atoms with Gasteiger partial charge in [0.2, 0.25) is 0 Å². The Morgan fingerprint density at radius 3 is 2.33 bits per heavy atom. The van der Waals surface area contributed by atoms with Crippen LogP contribution in [0.5, 0.6) is 5.75 Å². The minimum atomic E-state index is -4.32. The van der Waals surface area contributed by atoms with E-state index < -0.39 is 18.7 Å². The summed E-state index contributed by atoms with van der Waals surface area (Å²) in [7, 11) is -6.93. The summed E-state index contributed by atoms with van der Waals surface area (Å²) >= 11 is 0. The fraction of sp³-hybridized carbons (Fsp3) is 0.143. The molecule has 0 fully saturated rings. The molecule has 0 spiro atoms. The van der Waals surface area contributed by atoms with Gasteiger partial charge in [0.25, 0.3) is 10.1 Å². The monoisotopic (exact) mass is 252 g/mol. The summed E-state index contributed by atoms with van der Waals surface area (Å²) in [6.45, 7) is 1.58. The van der Waals surface area contributed by atoms with E-state index in [1.165, 1.54) is 12.1 Å². The molecule has 0 aliphatic heterocycles. The minimum absolute atomic E-state index is 0.0289. The molecule has 0 aliphatic rings. The van der Waals surface area contributed by atoms with Crippen LogP contribution in [0.25, 0.3) is 0 Å². The standard InChI is InChI=1S/C7H9O6PS/c1-5-2-6(13-14(8)9)4-7(3-5)15(10,11)12/h2-4,8-9H,1H3,(H,10,11,12). The van der Waals surface area contributed by atoms with Gasteiger partial charge < -0.3 is 14.3 Å². The second-order valence-electron chi connectivity index (χ2n) is 2.80. The molecule has 1 rings (SSSR count). The molecular formula is C7H9O6PS. The van der Waals surface area contributed by atoms with Gasteiger partial charge in [-0.3, -0.25) is 4.55 Å². The van der Waals surface area contributed by atoms with Crippen molar-refractivity contribution in [3.63, 3.8) is 0 Å². The minimum Gasteiger partial charge on any atom is -0.427 e. The Hall–Kier alpha value is -0.720. The van der Waals surface area contributed by atoms with Crippen molar-refractivity contribution in [2.75, 3.05) is 0 Å². The highest BCUT2D eigenvalue weighted by molar-refractivity contribution is 7.85. The number of hydrogen-bond acceptors (Lipinski definition) is 5. The van der Waals surface area contributed by atoms with Crippen molar-refractivity contribution in [2.45, 2.75) is 11.8 Å². The molecule has 0 aliphatic carbocycles. The van der Waals surface area contributed by atoms with Gasteiger partial charge in [0, 0.05) is 6.07 Å². The summed E-state index contributed by atoms with van der Waals surface area (Å²) in [5.41, 5.74) is 0.511. The van der Waals surface area contributed by atoms with Gasteiger partial charge in [-0.05, 0) is 24.6 Å². The van der Waals surface area contributed by atoms with E-state index in [9.17, 15) is 8.42 Å². The molecule has 1 aromatic rings. The molecule has 6 nitrogen and oxygen atoms in total. The summed E-state index contributed by atoms with van der Waals surface area (Å²) in [6, 6.07) is 3.65. The molecule has 0 unspecified atom stereocenters. The zero-order valence-electron chi connectivity index (χ0n) is 7.65. The van der Waals surface area contributed by atoms with Crippen LogP contribution in [0.4, 0.5) is 0 Å². The van der Waals surface area contributed by atoms with Crippen LogP contribution in [-0.4, -0.2) is 22.8 Å². The van der Waals surface area contributed by atoms with Crippen molar-refractivity contribution < 1.29 is 27.3 Å². The van der Waals surface area contributed by atoms with Crippen molar-refractivity contribution in [3.8, 4) is 5.75 Å². The van der Waals surface area contributed by atoms with E-state index in [0.717, 1.165) is 6.07 Å². The Labute approximate surface area is 87.9 Å². The molecule has 3 N–H and O–H groups in total. The van der Waals surface area contributed by atoms with Crippen LogP contribution >= 0.6 is 8.60 Å². The van der Waals surface area contributed by atoms with E-state index in [2.05, 4.69) is 4.52 Å². The first-order chi connectivity index (χ1) is 6.79. The van der Waals surface area contributed by atoms with Crippen molar-refractivity contribution in [2.24, 2.45) is 0 Å². The molecule has 8 heteroatoms. The highest BCUT2D eigenvalue weighted by atomic mass is 32.2. The Balaban J connectivity index is 3.17. The first kappa shape index (κ1) is 12.4. The first-order valence-corrected chi connectivity index (χ1v) is 6.34.